The molecule has 0 aliphatic rings. The average Bonchev–Trinajstić information content (AvgIpc) is 3.00. The van der Waals surface area contributed by atoms with Crippen LogP contribution in [0, 0.1) is 6.92 Å². The van der Waals surface area contributed by atoms with Crippen molar-refractivity contribution < 1.29 is 42.9 Å². The number of aromatic nitrogens is 4. The number of nitrogens with one attached hydrogen (secondary N) is 4. The molecule has 0 radical (unpaired) electrons. The third-order valence-corrected chi connectivity index (χ3v) is 5.18. The highest BCUT2D eigenvalue weighted by atomic mass is 16.6. The number of carbonyl (C=O) groups excluding carboxylic acids is 4. The zero-order chi connectivity index (χ0) is 32.9. The molecule has 0 atom stereocenters. The molecule has 45 heavy (non-hydrogen) atoms. The maximum Gasteiger partial charge on any atom is 0.408 e. The number of benzene rings is 1. The summed E-state index contributed by atoms with van der Waals surface area (Å²) in [5, 5.41) is 25.4. The van der Waals surface area contributed by atoms with Gasteiger partial charge in [-0.1, -0.05) is 0 Å². The monoisotopic (exact) mass is 634 g/mol. The van der Waals surface area contributed by atoms with Crippen LogP contribution >= 0.6 is 0 Å². The molecule has 17 heteroatoms. The molecule has 248 valence electrons. The van der Waals surface area contributed by atoms with Crippen molar-refractivity contribution in [3.8, 4) is 17.1 Å². The Morgan fingerprint density at radius 1 is 0.644 bits per heavy atom. The Morgan fingerprint density at radius 3 is 1.69 bits per heavy atom. The number of ether oxygens (including phenoxy) is 5. The first-order valence-corrected chi connectivity index (χ1v) is 14.3. The summed E-state index contributed by atoms with van der Waals surface area (Å²) in [5.74, 6) is 0.0993. The maximum absolute atomic E-state index is 11.8. The number of hydrogen-bond donors (Lipinski definition) is 4. The minimum Gasteiger partial charge on any atom is -0.491 e. The molecule has 1 aromatic heterocycles. The van der Waals surface area contributed by atoms with Crippen LogP contribution in [0.5, 0.6) is 5.75 Å². The predicted octanol–water partition coefficient (Wildman–Crippen LogP) is -0.456. The first-order chi connectivity index (χ1) is 21.5. The van der Waals surface area contributed by atoms with Crippen molar-refractivity contribution in [2.45, 2.75) is 33.3 Å². The summed E-state index contributed by atoms with van der Waals surface area (Å²) in [6.07, 6.45) is -0.745. The first kappa shape index (κ1) is 36.7. The maximum atomic E-state index is 11.8. The number of carbonyl (C=O) groups is 4. The molecular formula is C28H42N8O9. The lowest BCUT2D eigenvalue weighted by molar-refractivity contribution is -0.127. The van der Waals surface area contributed by atoms with Crippen LogP contribution in [0.25, 0.3) is 11.4 Å². The molecule has 0 fully saturated rings. The molecule has 17 nitrogen and oxygen atoms in total. The Kier molecular flexibility index (Phi) is 16.7. The molecule has 4 amide bonds. The van der Waals surface area contributed by atoms with Crippen molar-refractivity contribution in [3.63, 3.8) is 0 Å². The van der Waals surface area contributed by atoms with Crippen LogP contribution in [0.1, 0.15) is 26.6 Å². The Balaban J connectivity index is 1.36. The van der Waals surface area contributed by atoms with Crippen molar-refractivity contribution >= 4 is 23.8 Å². The lowest BCUT2D eigenvalue weighted by Gasteiger charge is -2.19. The van der Waals surface area contributed by atoms with E-state index in [2.05, 4.69) is 41.7 Å². The topological polar surface area (TPSA) is 214 Å². The van der Waals surface area contributed by atoms with E-state index in [1.54, 1.807) is 27.7 Å². The van der Waals surface area contributed by atoms with Crippen LogP contribution in [0.3, 0.4) is 0 Å². The summed E-state index contributed by atoms with van der Waals surface area (Å²) in [5.41, 5.74) is 0.100. The van der Waals surface area contributed by atoms with Gasteiger partial charge in [0.25, 0.3) is 0 Å². The molecule has 0 spiro atoms. The molecule has 0 saturated heterocycles. The molecule has 1 heterocycles. The molecule has 0 bridgehead atoms. The van der Waals surface area contributed by atoms with E-state index in [0.29, 0.717) is 57.0 Å². The van der Waals surface area contributed by atoms with Gasteiger partial charge in [0, 0.05) is 12.1 Å². The zero-order valence-corrected chi connectivity index (χ0v) is 26.1. The van der Waals surface area contributed by atoms with E-state index < -0.39 is 29.4 Å². The van der Waals surface area contributed by atoms with Gasteiger partial charge in [-0.25, -0.2) is 4.79 Å². The van der Waals surface area contributed by atoms with Gasteiger partial charge in [-0.3, -0.25) is 14.4 Å². The number of rotatable bonds is 20. The summed E-state index contributed by atoms with van der Waals surface area (Å²) < 4.78 is 27.0. The van der Waals surface area contributed by atoms with E-state index in [1.807, 2.05) is 24.3 Å². The standard InChI is InChI=1S/C28H42N8O9/c1-20-33-35-26(36-34-20)21-5-7-22(8-6-21)44-16-15-43-14-13-42-12-11-41-10-9-29-23(37)17-30-24(38)18-31-25(39)19-32-27(40)45-28(2,3)4/h5-8H,9-19H2,1-4H3,(H,29,37)(H,30,38)(H,31,39)(H,32,40). The smallest absolute Gasteiger partial charge is 0.408 e. The van der Waals surface area contributed by atoms with Gasteiger partial charge in [0.1, 0.15) is 24.5 Å². The SMILES string of the molecule is Cc1nnc(-c2ccc(OCCOCCOCCOCCNC(=O)CNC(=O)CNC(=O)CNC(=O)OC(C)(C)C)cc2)nn1. The third kappa shape index (κ3) is 18.0. The number of hydrogen-bond acceptors (Lipinski definition) is 13. The van der Waals surface area contributed by atoms with Crippen LogP contribution in [-0.2, 0) is 33.3 Å². The second-order valence-corrected chi connectivity index (χ2v) is 10.2. The Bertz CT molecular complexity index is 1190. The van der Waals surface area contributed by atoms with Crippen molar-refractivity contribution in [1.29, 1.82) is 0 Å². The van der Waals surface area contributed by atoms with E-state index in [-0.39, 0.29) is 32.8 Å². The van der Waals surface area contributed by atoms with Crippen LogP contribution in [-0.4, -0.2) is 122 Å². The Hall–Kier alpha value is -4.48. The van der Waals surface area contributed by atoms with Gasteiger partial charge < -0.3 is 45.0 Å². The molecular weight excluding hydrogens is 592 g/mol. The van der Waals surface area contributed by atoms with Crippen LogP contribution < -0.4 is 26.0 Å². The molecule has 0 aliphatic carbocycles. The van der Waals surface area contributed by atoms with Gasteiger partial charge in [0.15, 0.2) is 5.82 Å². The van der Waals surface area contributed by atoms with E-state index in [9.17, 15) is 19.2 Å². The fourth-order valence-electron chi connectivity index (χ4n) is 3.13. The molecule has 2 aromatic rings. The zero-order valence-electron chi connectivity index (χ0n) is 26.1. The van der Waals surface area contributed by atoms with E-state index in [1.165, 1.54) is 0 Å². The number of alkyl carbamates (subject to hydrolysis) is 1. The lowest BCUT2D eigenvalue weighted by atomic mass is 10.2. The highest BCUT2D eigenvalue weighted by Gasteiger charge is 2.17. The molecule has 2 rings (SSSR count). The van der Waals surface area contributed by atoms with Crippen molar-refractivity contribution in [3.05, 3.63) is 30.1 Å². The summed E-state index contributed by atoms with van der Waals surface area (Å²) in [6, 6.07) is 7.29. The Labute approximate surface area is 261 Å². The molecule has 4 N–H and O–H groups in total. The lowest BCUT2D eigenvalue weighted by Crippen LogP contribution is -2.45. The highest BCUT2D eigenvalue weighted by molar-refractivity contribution is 5.89. The molecule has 0 saturated carbocycles. The molecule has 0 unspecified atom stereocenters. The number of amides is 4. The fourth-order valence-corrected chi connectivity index (χ4v) is 3.13. The third-order valence-electron chi connectivity index (χ3n) is 5.18. The average molecular weight is 635 g/mol. The first-order valence-electron chi connectivity index (χ1n) is 14.3. The van der Waals surface area contributed by atoms with Crippen LogP contribution in [0.4, 0.5) is 4.79 Å². The van der Waals surface area contributed by atoms with E-state index in [0.717, 1.165) is 5.56 Å². The van der Waals surface area contributed by atoms with Gasteiger partial charge in [0.2, 0.25) is 23.5 Å². The van der Waals surface area contributed by atoms with Gasteiger partial charge in [-0.2, -0.15) is 0 Å². The van der Waals surface area contributed by atoms with Crippen molar-refractivity contribution in [2.24, 2.45) is 0 Å². The molecule has 1 aromatic carbocycles. The minimum absolute atomic E-state index is 0.252. The van der Waals surface area contributed by atoms with Gasteiger partial charge >= 0.3 is 6.09 Å². The fraction of sp³-hybridized carbons (Fsp3) is 0.571. The van der Waals surface area contributed by atoms with Crippen LogP contribution in [0.2, 0.25) is 0 Å². The number of aryl methyl sites for hydroxylation is 1. The van der Waals surface area contributed by atoms with Crippen molar-refractivity contribution in [1.82, 2.24) is 41.7 Å². The summed E-state index contributed by atoms with van der Waals surface area (Å²) in [6.45, 7) is 8.66. The summed E-state index contributed by atoms with van der Waals surface area (Å²) in [7, 11) is 0. The predicted molar refractivity (Wildman–Crippen MR) is 159 cm³/mol. The summed E-state index contributed by atoms with van der Waals surface area (Å²) in [4.78, 5) is 46.8. The van der Waals surface area contributed by atoms with Gasteiger partial charge in [0.05, 0.1) is 52.7 Å². The van der Waals surface area contributed by atoms with Crippen LogP contribution in [0.15, 0.2) is 24.3 Å². The van der Waals surface area contributed by atoms with E-state index >= 15 is 0 Å². The Morgan fingerprint density at radius 2 is 1.13 bits per heavy atom. The highest BCUT2D eigenvalue weighted by Crippen LogP contribution is 2.18. The van der Waals surface area contributed by atoms with Gasteiger partial charge in [-0.15, -0.1) is 20.4 Å². The van der Waals surface area contributed by atoms with Crippen molar-refractivity contribution in [2.75, 3.05) is 72.4 Å². The minimum atomic E-state index is -0.745. The largest absolute Gasteiger partial charge is 0.491 e. The summed E-state index contributed by atoms with van der Waals surface area (Å²) >= 11 is 0. The normalized spacial score (nSPS) is 10.9. The van der Waals surface area contributed by atoms with E-state index in [4.69, 9.17) is 23.7 Å². The quantitative estimate of drug-likeness (QED) is 0.136. The second-order valence-electron chi connectivity index (χ2n) is 10.2. The number of nitrogens with zero attached hydrogens (tertiary/aromatic N) is 4. The molecule has 0 aliphatic heterocycles. The van der Waals surface area contributed by atoms with Gasteiger partial charge in [-0.05, 0) is 52.0 Å². The second kappa shape index (κ2) is 20.5.